The van der Waals surface area contributed by atoms with E-state index in [1.165, 1.54) is 0 Å². The summed E-state index contributed by atoms with van der Waals surface area (Å²) in [5.41, 5.74) is -1.01. The summed E-state index contributed by atoms with van der Waals surface area (Å²) in [6.07, 6.45) is 1.69. The minimum absolute atomic E-state index is 0.141. The van der Waals surface area contributed by atoms with Crippen LogP contribution >= 0.6 is 0 Å². The van der Waals surface area contributed by atoms with Crippen LogP contribution in [0, 0.1) is 5.41 Å². The molecule has 0 aromatic carbocycles. The topological polar surface area (TPSA) is 78.4 Å². The van der Waals surface area contributed by atoms with Crippen molar-refractivity contribution >= 4 is 12.0 Å². The van der Waals surface area contributed by atoms with E-state index in [0.29, 0.717) is 12.8 Å². The Hall–Kier alpha value is -1.26. The monoisotopic (exact) mass is 242 g/mol. The van der Waals surface area contributed by atoms with Gasteiger partial charge in [-0.05, 0) is 24.7 Å². The fraction of sp³-hybridized carbons (Fsp3) is 0.833. The maximum Gasteiger partial charge on any atom is 0.329 e. The van der Waals surface area contributed by atoms with Gasteiger partial charge in [-0.15, -0.1) is 0 Å². The first-order valence-electron chi connectivity index (χ1n) is 6.09. The second-order valence-corrected chi connectivity index (χ2v) is 5.44. The highest BCUT2D eigenvalue weighted by Crippen LogP contribution is 2.44. The van der Waals surface area contributed by atoms with E-state index in [2.05, 4.69) is 24.5 Å². The molecule has 1 fully saturated rings. The molecule has 0 aromatic heterocycles. The van der Waals surface area contributed by atoms with E-state index in [9.17, 15) is 14.7 Å². The second kappa shape index (κ2) is 4.55. The molecule has 98 valence electrons. The number of carbonyl (C=O) groups excluding carboxylic acids is 1. The Morgan fingerprint density at radius 3 is 2.12 bits per heavy atom. The predicted octanol–water partition coefficient (Wildman–Crippen LogP) is 1.73. The highest BCUT2D eigenvalue weighted by Gasteiger charge is 2.47. The zero-order valence-corrected chi connectivity index (χ0v) is 11.0. The number of carbonyl (C=O) groups is 2. The first-order chi connectivity index (χ1) is 7.77. The van der Waals surface area contributed by atoms with Crippen LogP contribution in [-0.4, -0.2) is 28.7 Å². The number of carboxylic acids is 1. The van der Waals surface area contributed by atoms with Gasteiger partial charge in [-0.25, -0.2) is 9.59 Å². The Kier molecular flexibility index (Phi) is 3.69. The molecule has 0 radical (unpaired) electrons. The quantitative estimate of drug-likeness (QED) is 0.687. The average molecular weight is 242 g/mol. The fourth-order valence-corrected chi connectivity index (χ4v) is 1.91. The highest BCUT2D eigenvalue weighted by molar-refractivity contribution is 5.86. The van der Waals surface area contributed by atoms with Gasteiger partial charge in [-0.3, -0.25) is 0 Å². The number of urea groups is 1. The van der Waals surface area contributed by atoms with Crippen molar-refractivity contribution in [3.8, 4) is 0 Å². The van der Waals surface area contributed by atoms with Crippen LogP contribution in [0.3, 0.4) is 0 Å². The fourth-order valence-electron chi connectivity index (χ4n) is 1.91. The smallest absolute Gasteiger partial charge is 0.329 e. The van der Waals surface area contributed by atoms with Gasteiger partial charge in [0.05, 0.1) is 0 Å². The molecular formula is C12H22N2O3. The lowest BCUT2D eigenvalue weighted by Crippen LogP contribution is -2.57. The van der Waals surface area contributed by atoms with Crippen molar-refractivity contribution in [3.63, 3.8) is 0 Å². The summed E-state index contributed by atoms with van der Waals surface area (Å²) in [6, 6.07) is -0.227. The standard InChI is InChI=1S/C12H22N2O3/c1-5-12(6-2,9(15)16)14-10(17)13-8-7-11(8,3)4/h8H,5-7H2,1-4H3,(H,15,16)(H2,13,14,17). The van der Waals surface area contributed by atoms with Gasteiger partial charge in [0.25, 0.3) is 0 Å². The lowest BCUT2D eigenvalue weighted by atomic mass is 9.93. The third-order valence-electron chi connectivity index (χ3n) is 3.79. The molecule has 0 saturated heterocycles. The average Bonchev–Trinajstić information content (AvgIpc) is 2.82. The molecule has 0 aliphatic heterocycles. The molecule has 1 unspecified atom stereocenters. The first-order valence-corrected chi connectivity index (χ1v) is 6.09. The third kappa shape index (κ3) is 2.90. The Labute approximate surface area is 102 Å². The zero-order valence-electron chi connectivity index (χ0n) is 11.0. The number of rotatable bonds is 5. The number of amides is 2. The predicted molar refractivity (Wildman–Crippen MR) is 64.8 cm³/mol. The van der Waals surface area contributed by atoms with E-state index in [1.807, 2.05) is 0 Å². The molecule has 1 atom stereocenters. The van der Waals surface area contributed by atoms with Crippen LogP contribution in [0.5, 0.6) is 0 Å². The lowest BCUT2D eigenvalue weighted by molar-refractivity contribution is -0.144. The van der Waals surface area contributed by atoms with Gasteiger partial charge >= 0.3 is 12.0 Å². The van der Waals surface area contributed by atoms with Crippen molar-refractivity contribution in [3.05, 3.63) is 0 Å². The number of aliphatic carboxylic acids is 1. The third-order valence-corrected chi connectivity index (χ3v) is 3.79. The van der Waals surface area contributed by atoms with E-state index >= 15 is 0 Å². The van der Waals surface area contributed by atoms with Crippen molar-refractivity contribution in [1.82, 2.24) is 10.6 Å². The SMILES string of the molecule is CCC(CC)(NC(=O)NC1CC1(C)C)C(=O)O. The number of hydrogen-bond donors (Lipinski definition) is 3. The molecule has 0 heterocycles. The van der Waals surface area contributed by atoms with Crippen LogP contribution in [0.1, 0.15) is 47.0 Å². The molecule has 0 bridgehead atoms. The molecule has 0 aromatic rings. The Balaban J connectivity index is 2.56. The lowest BCUT2D eigenvalue weighted by Gasteiger charge is -2.28. The summed E-state index contributed by atoms with van der Waals surface area (Å²) < 4.78 is 0. The number of carboxylic acid groups (broad SMARTS) is 1. The summed E-state index contributed by atoms with van der Waals surface area (Å²) >= 11 is 0. The minimum Gasteiger partial charge on any atom is -0.480 e. The van der Waals surface area contributed by atoms with E-state index in [1.54, 1.807) is 13.8 Å². The molecule has 5 heteroatoms. The Bertz CT molecular complexity index is 322. The molecule has 1 aliphatic carbocycles. The number of hydrogen-bond acceptors (Lipinski definition) is 2. The van der Waals surface area contributed by atoms with Crippen molar-refractivity contribution in [2.24, 2.45) is 5.41 Å². The normalized spacial score (nSPS) is 21.8. The van der Waals surface area contributed by atoms with Gasteiger partial charge in [0.1, 0.15) is 5.54 Å². The van der Waals surface area contributed by atoms with Gasteiger partial charge in [-0.2, -0.15) is 0 Å². The molecule has 1 aliphatic rings. The van der Waals surface area contributed by atoms with Crippen LogP contribution in [0.2, 0.25) is 0 Å². The zero-order chi connectivity index (χ0) is 13.3. The van der Waals surface area contributed by atoms with Gasteiger partial charge in [0, 0.05) is 6.04 Å². The van der Waals surface area contributed by atoms with Gasteiger partial charge < -0.3 is 15.7 Å². The van der Waals surface area contributed by atoms with Crippen molar-refractivity contribution in [2.45, 2.75) is 58.5 Å². The van der Waals surface area contributed by atoms with Gasteiger partial charge in [0.15, 0.2) is 0 Å². The summed E-state index contributed by atoms with van der Waals surface area (Å²) in [7, 11) is 0. The molecule has 1 rings (SSSR count). The summed E-state index contributed by atoms with van der Waals surface area (Å²) in [5.74, 6) is -0.979. The van der Waals surface area contributed by atoms with Crippen LogP contribution in [-0.2, 0) is 4.79 Å². The van der Waals surface area contributed by atoms with E-state index in [-0.39, 0.29) is 17.5 Å². The molecule has 0 spiro atoms. The van der Waals surface area contributed by atoms with Crippen molar-refractivity contribution < 1.29 is 14.7 Å². The van der Waals surface area contributed by atoms with E-state index < -0.39 is 11.5 Å². The molecular weight excluding hydrogens is 220 g/mol. The van der Waals surface area contributed by atoms with Crippen LogP contribution < -0.4 is 10.6 Å². The Morgan fingerprint density at radius 2 is 1.82 bits per heavy atom. The van der Waals surface area contributed by atoms with E-state index in [4.69, 9.17) is 0 Å². The Morgan fingerprint density at radius 1 is 1.35 bits per heavy atom. The van der Waals surface area contributed by atoms with Crippen LogP contribution in [0.4, 0.5) is 4.79 Å². The summed E-state index contributed by atoms with van der Waals surface area (Å²) in [5, 5.41) is 14.6. The summed E-state index contributed by atoms with van der Waals surface area (Å²) in [6.45, 7) is 7.67. The molecule has 3 N–H and O–H groups in total. The highest BCUT2D eigenvalue weighted by atomic mass is 16.4. The molecule has 2 amide bonds. The van der Waals surface area contributed by atoms with Gasteiger partial charge in [-0.1, -0.05) is 27.7 Å². The minimum atomic E-state index is -1.15. The van der Waals surface area contributed by atoms with Crippen LogP contribution in [0.15, 0.2) is 0 Å². The van der Waals surface area contributed by atoms with E-state index in [0.717, 1.165) is 6.42 Å². The maximum atomic E-state index is 11.7. The van der Waals surface area contributed by atoms with Gasteiger partial charge in [0.2, 0.25) is 0 Å². The first kappa shape index (κ1) is 13.8. The van der Waals surface area contributed by atoms with Crippen molar-refractivity contribution in [2.75, 3.05) is 0 Å². The molecule has 17 heavy (non-hydrogen) atoms. The van der Waals surface area contributed by atoms with Crippen molar-refractivity contribution in [1.29, 1.82) is 0 Å². The van der Waals surface area contributed by atoms with Crippen LogP contribution in [0.25, 0.3) is 0 Å². The largest absolute Gasteiger partial charge is 0.480 e. The molecule has 5 nitrogen and oxygen atoms in total. The molecule has 1 saturated carbocycles. The number of nitrogens with one attached hydrogen (secondary N) is 2. The summed E-state index contributed by atoms with van der Waals surface area (Å²) in [4.78, 5) is 22.9. The maximum absolute atomic E-state index is 11.7. The second-order valence-electron chi connectivity index (χ2n) is 5.44.